The first kappa shape index (κ1) is 29.2. The summed E-state index contributed by atoms with van der Waals surface area (Å²) in [6.45, 7) is 3.85. The number of hydrogen-bond acceptors (Lipinski definition) is 8. The maximum absolute atomic E-state index is 13.6. The Balaban J connectivity index is 1.30. The number of halogens is 1. The van der Waals surface area contributed by atoms with Gasteiger partial charge in [0, 0.05) is 43.2 Å². The molecule has 1 saturated carbocycles. The van der Waals surface area contributed by atoms with E-state index < -0.39 is 10.2 Å². The van der Waals surface area contributed by atoms with E-state index in [9.17, 15) is 13.2 Å². The summed E-state index contributed by atoms with van der Waals surface area (Å²) < 4.78 is 48.2. The van der Waals surface area contributed by atoms with Crippen molar-refractivity contribution in [2.24, 2.45) is 5.41 Å². The van der Waals surface area contributed by atoms with Crippen molar-refractivity contribution < 1.29 is 22.6 Å². The van der Waals surface area contributed by atoms with Crippen LogP contribution in [0.1, 0.15) is 25.3 Å². The number of nitrogens with one attached hydrogen (secondary N) is 1. The lowest BCUT2D eigenvalue weighted by Crippen LogP contribution is -2.52. The van der Waals surface area contributed by atoms with Crippen molar-refractivity contribution in [1.82, 2.24) is 18.8 Å². The first-order chi connectivity index (χ1) is 19.6. The highest BCUT2D eigenvalue weighted by Gasteiger charge is 2.39. The van der Waals surface area contributed by atoms with Crippen LogP contribution in [-0.4, -0.2) is 69.5 Å². The van der Waals surface area contributed by atoms with Gasteiger partial charge in [0.05, 0.1) is 32.7 Å². The van der Waals surface area contributed by atoms with Crippen molar-refractivity contribution in [1.29, 1.82) is 0 Å². The minimum Gasteiger partial charge on any atom is -0.493 e. The number of aromatic nitrogens is 2. The number of rotatable bonds is 11. The van der Waals surface area contributed by atoms with Crippen LogP contribution in [0, 0.1) is 5.41 Å². The molecule has 2 heterocycles. The molecule has 5 rings (SSSR count). The molecule has 3 aromatic rings. The number of piperazine rings is 1. The highest BCUT2D eigenvalue weighted by atomic mass is 35.5. The van der Waals surface area contributed by atoms with Gasteiger partial charge in [0.25, 0.3) is 10.2 Å². The number of benzene rings is 2. The monoisotopic (exact) mass is 603 g/mol. The SMILES string of the molecule is COc1ccc(CNS(=O)(=O)N2CCN(c3cnn(-c4cccc(Cl)c4)c(=O)c3OCC3(C)CC3)CC2)cc1OC. The van der Waals surface area contributed by atoms with E-state index in [1.54, 1.807) is 55.8 Å². The molecule has 11 nitrogen and oxygen atoms in total. The second kappa shape index (κ2) is 11.9. The lowest BCUT2D eigenvalue weighted by atomic mass is 10.2. The van der Waals surface area contributed by atoms with E-state index in [1.807, 2.05) is 4.90 Å². The van der Waals surface area contributed by atoms with Gasteiger partial charge in [-0.1, -0.05) is 30.7 Å². The molecule has 1 saturated heterocycles. The Hall–Kier alpha value is -3.32. The number of anilines is 1. The average molecular weight is 604 g/mol. The van der Waals surface area contributed by atoms with Crippen LogP contribution < -0.4 is 29.4 Å². The van der Waals surface area contributed by atoms with Crippen molar-refractivity contribution in [2.45, 2.75) is 26.3 Å². The molecule has 0 spiro atoms. The zero-order chi connectivity index (χ0) is 29.2. The maximum atomic E-state index is 13.6. The van der Waals surface area contributed by atoms with Crippen LogP contribution in [0.3, 0.4) is 0 Å². The Morgan fingerprint density at radius 3 is 2.41 bits per heavy atom. The Morgan fingerprint density at radius 2 is 1.76 bits per heavy atom. The van der Waals surface area contributed by atoms with Crippen molar-refractivity contribution in [3.05, 3.63) is 69.6 Å². The zero-order valence-electron chi connectivity index (χ0n) is 23.3. The Kier molecular flexibility index (Phi) is 8.46. The number of ether oxygens (including phenoxy) is 3. The van der Waals surface area contributed by atoms with E-state index in [0.717, 1.165) is 18.4 Å². The molecule has 13 heteroatoms. The number of nitrogens with zero attached hydrogens (tertiary/aromatic N) is 4. The minimum atomic E-state index is -3.75. The molecule has 1 N–H and O–H groups in total. The van der Waals surface area contributed by atoms with Crippen LogP contribution >= 0.6 is 11.6 Å². The van der Waals surface area contributed by atoms with E-state index in [-0.39, 0.29) is 36.4 Å². The normalized spacial score (nSPS) is 16.8. The van der Waals surface area contributed by atoms with Gasteiger partial charge in [-0.3, -0.25) is 4.79 Å². The Morgan fingerprint density at radius 1 is 1.02 bits per heavy atom. The summed E-state index contributed by atoms with van der Waals surface area (Å²) in [6.07, 6.45) is 3.69. The van der Waals surface area contributed by atoms with Gasteiger partial charge in [0.2, 0.25) is 5.75 Å². The molecule has 0 radical (unpaired) electrons. The highest BCUT2D eigenvalue weighted by molar-refractivity contribution is 7.87. The van der Waals surface area contributed by atoms with E-state index in [0.29, 0.717) is 47.6 Å². The molecule has 0 unspecified atom stereocenters. The van der Waals surface area contributed by atoms with Crippen molar-refractivity contribution in [3.63, 3.8) is 0 Å². The second-order valence-electron chi connectivity index (χ2n) is 10.6. The summed E-state index contributed by atoms with van der Waals surface area (Å²) in [5.41, 5.74) is 1.49. The fourth-order valence-electron chi connectivity index (χ4n) is 4.61. The largest absolute Gasteiger partial charge is 0.493 e. The maximum Gasteiger partial charge on any atom is 0.316 e. The lowest BCUT2D eigenvalue weighted by molar-refractivity contribution is 0.242. The Labute approximate surface area is 244 Å². The van der Waals surface area contributed by atoms with Gasteiger partial charge in [-0.05, 0) is 48.7 Å². The average Bonchev–Trinajstić information content (AvgIpc) is 3.72. The first-order valence-corrected chi connectivity index (χ1v) is 15.2. The van der Waals surface area contributed by atoms with Gasteiger partial charge in [-0.25, -0.2) is 0 Å². The van der Waals surface area contributed by atoms with Crippen molar-refractivity contribution >= 4 is 27.5 Å². The van der Waals surface area contributed by atoms with Gasteiger partial charge in [-0.2, -0.15) is 27.2 Å². The summed E-state index contributed by atoms with van der Waals surface area (Å²) in [5, 5.41) is 4.89. The molecule has 1 aromatic heterocycles. The van der Waals surface area contributed by atoms with Crippen LogP contribution in [-0.2, 0) is 16.8 Å². The van der Waals surface area contributed by atoms with Gasteiger partial charge >= 0.3 is 5.56 Å². The smallest absolute Gasteiger partial charge is 0.316 e. The molecule has 2 aliphatic rings. The summed E-state index contributed by atoms with van der Waals surface area (Å²) in [7, 11) is -0.674. The molecular weight excluding hydrogens is 570 g/mol. The van der Waals surface area contributed by atoms with Crippen LogP contribution in [0.15, 0.2) is 53.5 Å². The van der Waals surface area contributed by atoms with E-state index in [4.69, 9.17) is 25.8 Å². The van der Waals surface area contributed by atoms with Gasteiger partial charge in [0.1, 0.15) is 5.69 Å². The summed E-state index contributed by atoms with van der Waals surface area (Å²) in [4.78, 5) is 15.5. The zero-order valence-corrected chi connectivity index (χ0v) is 24.9. The summed E-state index contributed by atoms with van der Waals surface area (Å²) in [5.74, 6) is 1.30. The van der Waals surface area contributed by atoms with Crippen molar-refractivity contribution in [3.8, 4) is 22.9 Å². The number of hydrogen-bond donors (Lipinski definition) is 1. The topological polar surface area (TPSA) is 115 Å². The predicted molar refractivity (Wildman–Crippen MR) is 157 cm³/mol. The van der Waals surface area contributed by atoms with Gasteiger partial charge in [-0.15, -0.1) is 0 Å². The third-order valence-corrected chi connectivity index (χ3v) is 9.25. The fraction of sp³-hybridized carbons (Fsp3) is 0.429. The van der Waals surface area contributed by atoms with Crippen molar-refractivity contribution in [2.75, 3.05) is 51.9 Å². The molecule has 41 heavy (non-hydrogen) atoms. The molecular formula is C28H34ClN5O6S. The second-order valence-corrected chi connectivity index (χ2v) is 12.7. The van der Waals surface area contributed by atoms with E-state index >= 15 is 0 Å². The van der Waals surface area contributed by atoms with E-state index in [2.05, 4.69) is 16.7 Å². The van der Waals surface area contributed by atoms with Gasteiger partial charge in [0.15, 0.2) is 11.5 Å². The lowest BCUT2D eigenvalue weighted by Gasteiger charge is -2.35. The highest BCUT2D eigenvalue weighted by Crippen LogP contribution is 2.45. The van der Waals surface area contributed by atoms with E-state index in [1.165, 1.54) is 16.1 Å². The number of methoxy groups -OCH3 is 2. The third-order valence-electron chi connectivity index (χ3n) is 7.46. The molecule has 220 valence electrons. The third kappa shape index (κ3) is 6.61. The standard InChI is InChI=1S/C28H34ClN5O6S/c1-28(9-10-28)19-40-26-23(18-30-34(27(26)35)22-6-4-5-21(29)16-22)32-11-13-33(14-12-32)41(36,37)31-17-20-7-8-24(38-2)25(15-20)39-3/h4-8,15-16,18,31H,9-14,17,19H2,1-3H3. The molecule has 2 aromatic carbocycles. The molecule has 1 aliphatic heterocycles. The van der Waals surface area contributed by atoms with Crippen LogP contribution in [0.4, 0.5) is 5.69 Å². The minimum absolute atomic E-state index is 0.0558. The summed E-state index contributed by atoms with van der Waals surface area (Å²) >= 11 is 6.15. The quantitative estimate of drug-likeness (QED) is 0.355. The van der Waals surface area contributed by atoms with Gasteiger partial charge < -0.3 is 19.1 Å². The predicted octanol–water partition coefficient (Wildman–Crippen LogP) is 3.24. The van der Waals surface area contributed by atoms with Crippen LogP contribution in [0.25, 0.3) is 5.69 Å². The molecule has 1 aliphatic carbocycles. The van der Waals surface area contributed by atoms with Crippen LogP contribution in [0.2, 0.25) is 5.02 Å². The molecule has 0 bridgehead atoms. The molecule has 0 amide bonds. The first-order valence-electron chi connectivity index (χ1n) is 13.3. The molecule has 0 atom stereocenters. The fourth-order valence-corrected chi connectivity index (χ4v) is 5.97. The van der Waals surface area contributed by atoms with Crippen LogP contribution in [0.5, 0.6) is 17.2 Å². The summed E-state index contributed by atoms with van der Waals surface area (Å²) in [6, 6.07) is 12.2. The molecule has 2 fully saturated rings. The Bertz CT molecular complexity index is 1570.